The number of carbonyl (C=O) groups excluding carboxylic acids is 1. The number of sulfonamides is 1. The van der Waals surface area contributed by atoms with Crippen molar-refractivity contribution in [2.24, 2.45) is 5.92 Å². The molecule has 1 aromatic rings. The minimum absolute atomic E-state index is 0.0905. The molecule has 7 heteroatoms. The van der Waals surface area contributed by atoms with E-state index in [9.17, 15) is 13.2 Å². The Kier molecular flexibility index (Phi) is 6.01. The maximum atomic E-state index is 12.3. The van der Waals surface area contributed by atoms with Gasteiger partial charge in [0.1, 0.15) is 5.75 Å². The normalized spacial score (nSPS) is 19.3. The summed E-state index contributed by atoms with van der Waals surface area (Å²) in [5.41, 5.74) is 0.984. The molecular weight excluding hydrogens is 316 g/mol. The molecule has 0 aliphatic carbocycles. The molecule has 1 heterocycles. The Labute approximate surface area is 137 Å². The van der Waals surface area contributed by atoms with Crippen molar-refractivity contribution < 1.29 is 17.9 Å². The van der Waals surface area contributed by atoms with Gasteiger partial charge in [-0.15, -0.1) is 0 Å². The summed E-state index contributed by atoms with van der Waals surface area (Å²) in [4.78, 5) is 12.3. The Bertz CT molecular complexity index is 628. The van der Waals surface area contributed by atoms with Gasteiger partial charge in [-0.2, -0.15) is 0 Å². The van der Waals surface area contributed by atoms with Crippen LogP contribution in [-0.2, 0) is 21.4 Å². The first-order chi connectivity index (χ1) is 10.9. The molecule has 1 aliphatic heterocycles. The molecule has 1 aliphatic rings. The molecule has 0 saturated carbocycles. The second-order valence-corrected chi connectivity index (χ2v) is 7.74. The zero-order chi connectivity index (χ0) is 16.9. The van der Waals surface area contributed by atoms with Gasteiger partial charge in [0.25, 0.3) is 0 Å². The van der Waals surface area contributed by atoms with Crippen molar-refractivity contribution in [2.75, 3.05) is 26.0 Å². The van der Waals surface area contributed by atoms with Crippen LogP contribution in [0, 0.1) is 5.92 Å². The summed E-state index contributed by atoms with van der Waals surface area (Å²) in [7, 11) is -3.23. The zero-order valence-corrected chi connectivity index (χ0v) is 14.4. The number of benzene rings is 1. The molecule has 23 heavy (non-hydrogen) atoms. The first kappa shape index (κ1) is 17.7. The first-order valence-corrected chi connectivity index (χ1v) is 9.69. The average Bonchev–Trinajstić information content (AvgIpc) is 2.53. The Balaban J connectivity index is 1.86. The fraction of sp³-hybridized carbons (Fsp3) is 0.562. The van der Waals surface area contributed by atoms with Crippen molar-refractivity contribution in [1.82, 2.24) is 9.62 Å². The Morgan fingerprint density at radius 1 is 1.35 bits per heavy atom. The summed E-state index contributed by atoms with van der Waals surface area (Å²) in [5, 5.41) is 2.89. The standard InChI is InChI=1S/C16H24N2O4S/c1-3-22-15-8-6-13(7-9-15)11-17-16(19)14-5-4-10-18(12-14)23(2,20)21/h6-9,14H,3-5,10-12H2,1-2H3,(H,17,19). The van der Waals surface area contributed by atoms with E-state index < -0.39 is 10.0 Å². The second-order valence-electron chi connectivity index (χ2n) is 5.75. The predicted octanol–water partition coefficient (Wildman–Crippen LogP) is 1.37. The number of rotatable bonds is 6. The van der Waals surface area contributed by atoms with Crippen molar-refractivity contribution in [2.45, 2.75) is 26.3 Å². The number of carbonyl (C=O) groups is 1. The number of nitrogens with zero attached hydrogens (tertiary/aromatic N) is 1. The maximum absolute atomic E-state index is 12.3. The maximum Gasteiger partial charge on any atom is 0.224 e. The second kappa shape index (κ2) is 7.79. The van der Waals surface area contributed by atoms with Crippen LogP contribution in [0.5, 0.6) is 5.75 Å². The van der Waals surface area contributed by atoms with E-state index in [1.165, 1.54) is 10.6 Å². The van der Waals surface area contributed by atoms with Crippen LogP contribution < -0.4 is 10.1 Å². The van der Waals surface area contributed by atoms with Crippen LogP contribution in [0.2, 0.25) is 0 Å². The van der Waals surface area contributed by atoms with E-state index in [4.69, 9.17) is 4.74 Å². The molecule has 1 amide bonds. The zero-order valence-electron chi connectivity index (χ0n) is 13.6. The third-order valence-corrected chi connectivity index (χ3v) is 5.19. The molecule has 1 unspecified atom stereocenters. The average molecular weight is 340 g/mol. The van der Waals surface area contributed by atoms with Crippen molar-refractivity contribution in [3.8, 4) is 5.75 Å². The molecule has 1 atom stereocenters. The summed E-state index contributed by atoms with van der Waals surface area (Å²) in [6.07, 6.45) is 2.63. The number of hydrogen-bond acceptors (Lipinski definition) is 4. The van der Waals surface area contributed by atoms with E-state index in [-0.39, 0.29) is 18.4 Å². The van der Waals surface area contributed by atoms with E-state index in [0.29, 0.717) is 26.1 Å². The van der Waals surface area contributed by atoms with Gasteiger partial charge in [-0.3, -0.25) is 4.79 Å². The lowest BCUT2D eigenvalue weighted by molar-refractivity contribution is -0.126. The van der Waals surface area contributed by atoms with Crippen LogP contribution in [0.3, 0.4) is 0 Å². The molecule has 128 valence electrons. The minimum Gasteiger partial charge on any atom is -0.494 e. The summed E-state index contributed by atoms with van der Waals surface area (Å²) in [6, 6.07) is 7.57. The van der Waals surface area contributed by atoms with E-state index in [0.717, 1.165) is 17.7 Å². The lowest BCUT2D eigenvalue weighted by Gasteiger charge is -2.30. The lowest BCUT2D eigenvalue weighted by Crippen LogP contribution is -2.44. The fourth-order valence-electron chi connectivity index (χ4n) is 2.66. The topological polar surface area (TPSA) is 75.7 Å². The Hall–Kier alpha value is -1.60. The van der Waals surface area contributed by atoms with E-state index in [1.54, 1.807) is 0 Å². The van der Waals surface area contributed by atoms with Gasteiger partial charge in [0.05, 0.1) is 18.8 Å². The van der Waals surface area contributed by atoms with Gasteiger partial charge in [-0.05, 0) is 37.5 Å². The van der Waals surface area contributed by atoms with Crippen LogP contribution in [0.1, 0.15) is 25.3 Å². The third-order valence-electron chi connectivity index (χ3n) is 3.93. The highest BCUT2D eigenvalue weighted by molar-refractivity contribution is 7.88. The van der Waals surface area contributed by atoms with Gasteiger partial charge < -0.3 is 10.1 Å². The molecule has 1 aromatic carbocycles. The lowest BCUT2D eigenvalue weighted by atomic mass is 9.99. The fourth-order valence-corrected chi connectivity index (χ4v) is 3.57. The smallest absolute Gasteiger partial charge is 0.224 e. The number of nitrogens with one attached hydrogen (secondary N) is 1. The molecule has 1 N–H and O–H groups in total. The van der Waals surface area contributed by atoms with E-state index in [2.05, 4.69) is 5.32 Å². The van der Waals surface area contributed by atoms with Crippen molar-refractivity contribution in [3.63, 3.8) is 0 Å². The van der Waals surface area contributed by atoms with Gasteiger partial charge in [0, 0.05) is 19.6 Å². The molecule has 0 bridgehead atoms. The number of hydrogen-bond donors (Lipinski definition) is 1. The molecule has 2 rings (SSSR count). The predicted molar refractivity (Wildman–Crippen MR) is 88.6 cm³/mol. The van der Waals surface area contributed by atoms with Crippen LogP contribution in [-0.4, -0.2) is 44.6 Å². The molecule has 6 nitrogen and oxygen atoms in total. The third kappa shape index (κ3) is 5.21. The van der Waals surface area contributed by atoms with Crippen molar-refractivity contribution in [1.29, 1.82) is 0 Å². The highest BCUT2D eigenvalue weighted by atomic mass is 32.2. The number of amides is 1. The monoisotopic (exact) mass is 340 g/mol. The highest BCUT2D eigenvalue weighted by Crippen LogP contribution is 2.19. The van der Waals surface area contributed by atoms with Crippen molar-refractivity contribution >= 4 is 15.9 Å². The molecule has 0 aromatic heterocycles. The Morgan fingerprint density at radius 2 is 2.04 bits per heavy atom. The van der Waals surface area contributed by atoms with Gasteiger partial charge >= 0.3 is 0 Å². The van der Waals surface area contributed by atoms with Crippen LogP contribution in [0.15, 0.2) is 24.3 Å². The number of piperidine rings is 1. The van der Waals surface area contributed by atoms with Gasteiger partial charge in [-0.25, -0.2) is 12.7 Å². The summed E-state index contributed by atoms with van der Waals surface area (Å²) >= 11 is 0. The summed E-state index contributed by atoms with van der Waals surface area (Å²) in [5.74, 6) is 0.437. The largest absolute Gasteiger partial charge is 0.494 e. The molecule has 1 fully saturated rings. The van der Waals surface area contributed by atoms with E-state index in [1.807, 2.05) is 31.2 Å². The molecular formula is C16H24N2O4S. The van der Waals surface area contributed by atoms with Crippen LogP contribution >= 0.6 is 0 Å². The number of ether oxygens (including phenoxy) is 1. The van der Waals surface area contributed by atoms with Gasteiger partial charge in [0.2, 0.25) is 15.9 Å². The van der Waals surface area contributed by atoms with Crippen LogP contribution in [0.4, 0.5) is 0 Å². The molecule has 1 saturated heterocycles. The van der Waals surface area contributed by atoms with Gasteiger partial charge in [0.15, 0.2) is 0 Å². The SMILES string of the molecule is CCOc1ccc(CNC(=O)C2CCCN(S(C)(=O)=O)C2)cc1. The van der Waals surface area contributed by atoms with Crippen LogP contribution in [0.25, 0.3) is 0 Å². The quantitative estimate of drug-likeness (QED) is 0.849. The highest BCUT2D eigenvalue weighted by Gasteiger charge is 2.29. The van der Waals surface area contributed by atoms with Gasteiger partial charge in [-0.1, -0.05) is 12.1 Å². The molecule has 0 radical (unpaired) electrons. The minimum atomic E-state index is -3.23. The van der Waals surface area contributed by atoms with E-state index >= 15 is 0 Å². The molecule has 0 spiro atoms. The summed E-state index contributed by atoms with van der Waals surface area (Å²) < 4.78 is 30.0. The summed E-state index contributed by atoms with van der Waals surface area (Å²) in [6.45, 7) is 3.75. The first-order valence-electron chi connectivity index (χ1n) is 7.84. The Morgan fingerprint density at radius 3 is 2.65 bits per heavy atom. The van der Waals surface area contributed by atoms with Crippen molar-refractivity contribution in [3.05, 3.63) is 29.8 Å².